The number of ketones is 1. The summed E-state index contributed by atoms with van der Waals surface area (Å²) in [5.74, 6) is 2.00. The van der Waals surface area contributed by atoms with Gasteiger partial charge in [-0.2, -0.15) is 0 Å². The monoisotopic (exact) mass is 747 g/mol. The molecule has 3 aromatic heterocycles. The number of hydrogen-bond acceptors (Lipinski definition) is 6. The summed E-state index contributed by atoms with van der Waals surface area (Å²) in [5, 5.41) is 14.0. The number of aryl methyl sites for hydroxylation is 3. The number of benzene rings is 5. The number of fused-ring (bicyclic) bond motifs is 2. The lowest BCUT2D eigenvalue weighted by Gasteiger charge is -2.36. The maximum atomic E-state index is 13.2. The standard InChI is InChI=1S/C49H45N7O/c1-5-45-51-46-33(4)30-42(44(57)29-32(2)3)50-48(46)55(45)43-28-26-35-31-34(25-27-40(35)43)39-23-15-16-24-41(39)47-52-53-54-56(47)49(36-17-9-6-10-18-36,37-19-11-7-12-20-37)38-21-13-8-14-22-38/h6-25,27,30-32,43H,5,26,28-29H2,1-4H3. The molecule has 8 aromatic rings. The molecule has 282 valence electrons. The van der Waals surface area contributed by atoms with Crippen LogP contribution in [0.1, 0.15) is 89.3 Å². The maximum Gasteiger partial charge on any atom is 0.184 e. The first-order chi connectivity index (χ1) is 27.9. The minimum Gasteiger partial charge on any atom is -0.305 e. The number of Topliss-reactive ketones (excluding diaryl/α,β-unsaturated/α-hetero) is 1. The van der Waals surface area contributed by atoms with Crippen molar-refractivity contribution in [2.24, 2.45) is 5.92 Å². The van der Waals surface area contributed by atoms with E-state index in [0.717, 1.165) is 75.2 Å². The quantitative estimate of drug-likeness (QED) is 0.0967. The summed E-state index contributed by atoms with van der Waals surface area (Å²) in [6.07, 6.45) is 3.09. The third kappa shape index (κ3) is 6.16. The first kappa shape index (κ1) is 36.1. The van der Waals surface area contributed by atoms with Crippen molar-refractivity contribution in [2.45, 2.75) is 65.0 Å². The van der Waals surface area contributed by atoms with E-state index in [1.165, 1.54) is 11.1 Å². The Balaban J connectivity index is 1.16. The number of hydrogen-bond donors (Lipinski definition) is 0. The number of carbonyl (C=O) groups is 1. The third-order valence-corrected chi connectivity index (χ3v) is 11.4. The van der Waals surface area contributed by atoms with Crippen LogP contribution >= 0.6 is 0 Å². The van der Waals surface area contributed by atoms with Gasteiger partial charge in [-0.1, -0.05) is 154 Å². The molecule has 0 saturated carbocycles. The molecule has 9 rings (SSSR count). The van der Waals surface area contributed by atoms with Crippen molar-refractivity contribution in [2.75, 3.05) is 0 Å². The highest BCUT2D eigenvalue weighted by Crippen LogP contribution is 2.45. The van der Waals surface area contributed by atoms with Crippen LogP contribution in [0.25, 0.3) is 33.7 Å². The summed E-state index contributed by atoms with van der Waals surface area (Å²) in [6, 6.07) is 48.7. The lowest BCUT2D eigenvalue weighted by molar-refractivity contribution is 0.0963. The van der Waals surface area contributed by atoms with Crippen LogP contribution in [0, 0.1) is 12.8 Å². The summed E-state index contributed by atoms with van der Waals surface area (Å²) in [7, 11) is 0. The van der Waals surface area contributed by atoms with Crippen LogP contribution in [0.5, 0.6) is 0 Å². The molecule has 0 bridgehead atoms. The van der Waals surface area contributed by atoms with Crippen molar-refractivity contribution in [1.29, 1.82) is 0 Å². The highest BCUT2D eigenvalue weighted by molar-refractivity contribution is 5.96. The fourth-order valence-electron chi connectivity index (χ4n) is 8.90. The molecule has 1 aliphatic carbocycles. The van der Waals surface area contributed by atoms with Gasteiger partial charge in [-0.3, -0.25) is 4.79 Å². The van der Waals surface area contributed by atoms with E-state index in [0.29, 0.717) is 17.9 Å². The Bertz CT molecular complexity index is 2620. The Morgan fingerprint density at radius 3 is 2.00 bits per heavy atom. The van der Waals surface area contributed by atoms with Crippen LogP contribution in [-0.4, -0.2) is 40.5 Å². The van der Waals surface area contributed by atoms with Crippen LogP contribution in [0.15, 0.2) is 140 Å². The van der Waals surface area contributed by atoms with E-state index in [1.54, 1.807) is 0 Å². The van der Waals surface area contributed by atoms with Gasteiger partial charge in [-0.15, -0.1) is 5.10 Å². The van der Waals surface area contributed by atoms with Gasteiger partial charge in [0.15, 0.2) is 17.3 Å². The number of nitrogens with zero attached hydrogens (tertiary/aromatic N) is 7. The van der Waals surface area contributed by atoms with Crippen molar-refractivity contribution < 1.29 is 4.79 Å². The van der Waals surface area contributed by atoms with Crippen molar-refractivity contribution in [1.82, 2.24) is 34.7 Å². The van der Waals surface area contributed by atoms with Gasteiger partial charge in [0.05, 0.1) is 6.04 Å². The fourth-order valence-corrected chi connectivity index (χ4v) is 8.90. The molecule has 8 nitrogen and oxygen atoms in total. The van der Waals surface area contributed by atoms with Gasteiger partial charge < -0.3 is 4.57 Å². The maximum absolute atomic E-state index is 13.2. The number of pyridine rings is 1. The second-order valence-corrected chi connectivity index (χ2v) is 15.5. The SMILES string of the molecule is CCc1nc2c(C)cc(C(=O)CC(C)C)nc2n1C1CCc2cc(-c3ccccc3-c3nnnn3C(c3ccccc3)(c3ccccc3)c3ccccc3)ccc21. The number of tetrazole rings is 1. The topological polar surface area (TPSA) is 91.4 Å². The van der Waals surface area contributed by atoms with Crippen LogP contribution < -0.4 is 0 Å². The number of carbonyl (C=O) groups excluding carboxylic acids is 1. The zero-order valence-corrected chi connectivity index (χ0v) is 32.8. The van der Waals surface area contributed by atoms with Crippen LogP contribution in [0.3, 0.4) is 0 Å². The molecule has 1 atom stereocenters. The molecular formula is C49H45N7O. The molecule has 5 aromatic carbocycles. The highest BCUT2D eigenvalue weighted by Gasteiger charge is 2.42. The average Bonchev–Trinajstić information content (AvgIpc) is 3.99. The zero-order chi connectivity index (χ0) is 39.1. The minimum atomic E-state index is -0.864. The van der Waals surface area contributed by atoms with E-state index in [-0.39, 0.29) is 17.7 Å². The van der Waals surface area contributed by atoms with Crippen molar-refractivity contribution in [3.05, 3.63) is 184 Å². The summed E-state index contributed by atoms with van der Waals surface area (Å²) < 4.78 is 4.30. The predicted octanol–water partition coefficient (Wildman–Crippen LogP) is 10.2. The van der Waals surface area contributed by atoms with Gasteiger partial charge in [-0.05, 0) is 86.7 Å². The zero-order valence-electron chi connectivity index (χ0n) is 32.8. The number of rotatable bonds is 11. The molecular weight excluding hydrogens is 703 g/mol. The average molecular weight is 748 g/mol. The Morgan fingerprint density at radius 2 is 1.39 bits per heavy atom. The second-order valence-electron chi connectivity index (χ2n) is 15.5. The Kier molecular flexibility index (Phi) is 9.41. The highest BCUT2D eigenvalue weighted by atomic mass is 16.1. The van der Waals surface area contributed by atoms with Crippen LogP contribution in [0.2, 0.25) is 0 Å². The Morgan fingerprint density at radius 1 is 0.772 bits per heavy atom. The predicted molar refractivity (Wildman–Crippen MR) is 225 cm³/mol. The summed E-state index contributed by atoms with van der Waals surface area (Å²) in [5.41, 5.74) is 11.2. The summed E-state index contributed by atoms with van der Waals surface area (Å²) in [6.45, 7) is 8.32. The molecule has 0 radical (unpaired) electrons. The first-order valence-electron chi connectivity index (χ1n) is 20.0. The van der Waals surface area contributed by atoms with Crippen molar-refractivity contribution in [3.8, 4) is 22.5 Å². The molecule has 0 fully saturated rings. The Labute approximate surface area is 333 Å². The van der Waals surface area contributed by atoms with Crippen LogP contribution in [0.4, 0.5) is 0 Å². The second kappa shape index (κ2) is 14.8. The van der Waals surface area contributed by atoms with Gasteiger partial charge in [0.25, 0.3) is 0 Å². The lowest BCUT2D eigenvalue weighted by Crippen LogP contribution is -2.39. The molecule has 0 aliphatic heterocycles. The Hall–Kier alpha value is -6.54. The fraction of sp³-hybridized carbons (Fsp3) is 0.224. The van der Waals surface area contributed by atoms with Gasteiger partial charge in [0.1, 0.15) is 22.6 Å². The molecule has 0 spiro atoms. The van der Waals surface area contributed by atoms with Crippen LogP contribution in [-0.2, 0) is 18.4 Å². The van der Waals surface area contributed by atoms with E-state index in [4.69, 9.17) is 20.3 Å². The van der Waals surface area contributed by atoms with Gasteiger partial charge in [0.2, 0.25) is 0 Å². The molecule has 8 heteroatoms. The minimum absolute atomic E-state index is 0.0714. The molecule has 0 saturated heterocycles. The molecule has 0 N–H and O–H groups in total. The van der Waals surface area contributed by atoms with Gasteiger partial charge in [0, 0.05) is 18.4 Å². The normalized spacial score (nSPS) is 14.0. The van der Waals surface area contributed by atoms with Crippen molar-refractivity contribution in [3.63, 3.8) is 0 Å². The van der Waals surface area contributed by atoms with E-state index in [9.17, 15) is 4.79 Å². The number of imidazole rings is 1. The van der Waals surface area contributed by atoms with E-state index in [2.05, 4.69) is 146 Å². The summed E-state index contributed by atoms with van der Waals surface area (Å²) in [4.78, 5) is 23.3. The van der Waals surface area contributed by atoms with E-state index < -0.39 is 5.54 Å². The summed E-state index contributed by atoms with van der Waals surface area (Å²) >= 11 is 0. The van der Waals surface area contributed by atoms with Gasteiger partial charge in [-0.25, -0.2) is 14.6 Å². The molecule has 57 heavy (non-hydrogen) atoms. The first-order valence-corrected chi connectivity index (χ1v) is 20.0. The lowest BCUT2D eigenvalue weighted by atomic mass is 9.77. The van der Waals surface area contributed by atoms with Gasteiger partial charge >= 0.3 is 0 Å². The number of aromatic nitrogens is 7. The molecule has 0 amide bonds. The smallest absolute Gasteiger partial charge is 0.184 e. The largest absolute Gasteiger partial charge is 0.305 e. The van der Waals surface area contributed by atoms with E-state index >= 15 is 0 Å². The molecule has 1 unspecified atom stereocenters. The van der Waals surface area contributed by atoms with Crippen molar-refractivity contribution >= 4 is 16.9 Å². The molecule has 3 heterocycles. The molecule has 1 aliphatic rings. The van der Waals surface area contributed by atoms with E-state index in [1.807, 2.05) is 35.9 Å². The third-order valence-electron chi connectivity index (χ3n) is 11.4.